The predicted octanol–water partition coefficient (Wildman–Crippen LogP) is 3.01. The summed E-state index contributed by atoms with van der Waals surface area (Å²) < 4.78 is 5.63. The van der Waals surface area contributed by atoms with Crippen LogP contribution in [0.4, 0.5) is 5.69 Å². The Labute approximate surface area is 148 Å². The highest BCUT2D eigenvalue weighted by Crippen LogP contribution is 2.33. The van der Waals surface area contributed by atoms with E-state index in [2.05, 4.69) is 10.1 Å². The van der Waals surface area contributed by atoms with Gasteiger partial charge in [-0.15, -0.1) is 0 Å². The lowest BCUT2D eigenvalue weighted by molar-refractivity contribution is -0.512. The van der Waals surface area contributed by atoms with Crippen molar-refractivity contribution in [1.82, 2.24) is 4.98 Å². The fraction of sp³-hybridized carbons (Fsp3) is 0.222. The monoisotopic (exact) mass is 352 g/mol. The van der Waals surface area contributed by atoms with Crippen molar-refractivity contribution in [2.24, 2.45) is 5.16 Å². The van der Waals surface area contributed by atoms with Crippen molar-refractivity contribution in [2.75, 3.05) is 19.0 Å². The fourth-order valence-corrected chi connectivity index (χ4v) is 2.93. The maximum absolute atomic E-state index is 11.7. The van der Waals surface area contributed by atoms with Gasteiger partial charge in [0.25, 0.3) is 5.89 Å². The fourth-order valence-electron chi connectivity index (χ4n) is 2.93. The molecule has 26 heavy (non-hydrogen) atoms. The highest BCUT2D eigenvalue weighted by Gasteiger charge is 2.47. The van der Waals surface area contributed by atoms with E-state index in [1.54, 1.807) is 24.3 Å². The lowest BCUT2D eigenvalue weighted by Gasteiger charge is -2.15. The molecule has 0 radical (unpaired) electrons. The molecule has 0 amide bonds. The number of hydrogen-bond acceptors (Lipinski definition) is 7. The van der Waals surface area contributed by atoms with Crippen LogP contribution in [0.15, 0.2) is 58.1 Å². The summed E-state index contributed by atoms with van der Waals surface area (Å²) in [4.78, 5) is 23.0. The van der Waals surface area contributed by atoms with E-state index in [0.29, 0.717) is 16.7 Å². The van der Waals surface area contributed by atoms with Gasteiger partial charge in [0.1, 0.15) is 5.52 Å². The lowest BCUT2D eigenvalue weighted by atomic mass is 9.99. The van der Waals surface area contributed by atoms with Crippen molar-refractivity contribution in [1.29, 1.82) is 0 Å². The van der Waals surface area contributed by atoms with Crippen LogP contribution in [0.25, 0.3) is 11.1 Å². The van der Waals surface area contributed by atoms with Gasteiger partial charge in [-0.25, -0.2) is 4.98 Å². The Bertz CT molecular complexity index is 961. The van der Waals surface area contributed by atoms with Crippen LogP contribution in [0, 0.1) is 10.1 Å². The molecule has 8 nitrogen and oxygen atoms in total. The number of fused-ring (bicyclic) bond motifs is 1. The van der Waals surface area contributed by atoms with Gasteiger partial charge in [0.05, 0.1) is 0 Å². The topological polar surface area (TPSA) is 94.0 Å². The lowest BCUT2D eigenvalue weighted by Crippen LogP contribution is -2.32. The first-order valence-electron chi connectivity index (χ1n) is 8.05. The summed E-state index contributed by atoms with van der Waals surface area (Å²) in [6.07, 6.45) is -0.828. The van der Waals surface area contributed by atoms with Crippen molar-refractivity contribution < 1.29 is 14.2 Å². The van der Waals surface area contributed by atoms with E-state index in [-0.39, 0.29) is 11.6 Å². The molecule has 4 rings (SSSR count). The normalized spacial score (nSPS) is 19.2. The van der Waals surface area contributed by atoms with E-state index in [1.165, 1.54) is 0 Å². The number of para-hydroxylation sites is 2. The minimum atomic E-state index is -1.19. The molecule has 0 saturated heterocycles. The first-order chi connectivity index (χ1) is 12.5. The molecule has 2 heterocycles. The highest BCUT2D eigenvalue weighted by atomic mass is 16.7. The molecule has 0 aliphatic carbocycles. The molecule has 1 aliphatic heterocycles. The summed E-state index contributed by atoms with van der Waals surface area (Å²) in [7, 11) is 3.85. The molecular weight excluding hydrogens is 336 g/mol. The molecule has 8 heteroatoms. The summed E-state index contributed by atoms with van der Waals surface area (Å²) in [5.74, 6) is 0.111. The van der Waals surface area contributed by atoms with Gasteiger partial charge in [0, 0.05) is 30.3 Å². The van der Waals surface area contributed by atoms with Crippen molar-refractivity contribution in [3.05, 3.63) is 70.1 Å². The van der Waals surface area contributed by atoms with Gasteiger partial charge < -0.3 is 14.2 Å². The van der Waals surface area contributed by atoms with E-state index < -0.39 is 17.1 Å². The number of aromatic nitrogens is 1. The molecule has 0 N–H and O–H groups in total. The van der Waals surface area contributed by atoms with E-state index >= 15 is 0 Å². The number of nitrogens with zero attached hydrogens (tertiary/aromatic N) is 4. The second-order valence-electron chi connectivity index (χ2n) is 6.21. The maximum atomic E-state index is 11.7. The summed E-state index contributed by atoms with van der Waals surface area (Å²) in [5, 5.41) is 15.7. The number of oxime groups is 1. The Morgan fingerprint density at radius 3 is 2.50 bits per heavy atom. The SMILES string of the molecule is CN(C)c1ccc(C2ON=C(c3nc4ccccc4o3)C2[N+](=O)[O-])cc1. The van der Waals surface area contributed by atoms with Crippen LogP contribution < -0.4 is 4.90 Å². The molecule has 132 valence electrons. The number of nitro groups is 1. The largest absolute Gasteiger partial charge is 0.435 e. The average Bonchev–Trinajstić information content (AvgIpc) is 3.25. The molecule has 1 aliphatic rings. The summed E-state index contributed by atoms with van der Waals surface area (Å²) in [6.45, 7) is 0. The quantitative estimate of drug-likeness (QED) is 0.529. The third-order valence-corrected chi connectivity index (χ3v) is 4.31. The maximum Gasteiger partial charge on any atom is 0.306 e. The summed E-state index contributed by atoms with van der Waals surface area (Å²) in [6, 6.07) is 13.3. The second-order valence-corrected chi connectivity index (χ2v) is 6.21. The van der Waals surface area contributed by atoms with Crippen LogP contribution in [0.1, 0.15) is 17.6 Å². The van der Waals surface area contributed by atoms with Gasteiger partial charge in [-0.1, -0.05) is 29.4 Å². The Balaban J connectivity index is 1.68. The van der Waals surface area contributed by atoms with Crippen LogP contribution in [-0.4, -0.2) is 35.8 Å². The van der Waals surface area contributed by atoms with E-state index in [4.69, 9.17) is 9.25 Å². The number of rotatable bonds is 4. The summed E-state index contributed by atoms with van der Waals surface area (Å²) in [5.41, 5.74) is 2.92. The van der Waals surface area contributed by atoms with Gasteiger partial charge in [-0.3, -0.25) is 10.1 Å². The smallest absolute Gasteiger partial charge is 0.306 e. The Kier molecular flexibility index (Phi) is 3.80. The van der Waals surface area contributed by atoms with Crippen LogP contribution >= 0.6 is 0 Å². The minimum absolute atomic E-state index is 0.0906. The zero-order valence-electron chi connectivity index (χ0n) is 14.2. The minimum Gasteiger partial charge on any atom is -0.435 e. The standard InChI is InChI=1S/C18H16N4O4/c1-21(2)12-9-7-11(8-10-12)17-16(22(23)24)15(20-26-17)18-19-13-5-3-4-6-14(13)25-18/h3-10,16-17H,1-2H3. The first kappa shape index (κ1) is 16.1. The van der Waals surface area contributed by atoms with Gasteiger partial charge in [0.2, 0.25) is 11.8 Å². The second kappa shape index (κ2) is 6.14. The van der Waals surface area contributed by atoms with Crippen LogP contribution in [0.2, 0.25) is 0 Å². The zero-order chi connectivity index (χ0) is 18.3. The zero-order valence-corrected chi connectivity index (χ0v) is 14.2. The molecule has 3 aromatic rings. The molecule has 0 fully saturated rings. The van der Waals surface area contributed by atoms with Crippen molar-refractivity contribution in [2.45, 2.75) is 12.1 Å². The van der Waals surface area contributed by atoms with Crippen LogP contribution in [-0.2, 0) is 4.84 Å². The molecular formula is C18H16N4O4. The number of oxazole rings is 1. The molecule has 2 atom stereocenters. The van der Waals surface area contributed by atoms with Gasteiger partial charge in [-0.2, -0.15) is 0 Å². The van der Waals surface area contributed by atoms with Gasteiger partial charge in [-0.05, 0) is 24.3 Å². The van der Waals surface area contributed by atoms with Gasteiger partial charge >= 0.3 is 6.04 Å². The number of benzene rings is 2. The molecule has 0 saturated carbocycles. The van der Waals surface area contributed by atoms with E-state index in [1.807, 2.05) is 43.3 Å². The third kappa shape index (κ3) is 2.65. The van der Waals surface area contributed by atoms with Crippen molar-refractivity contribution in [3.63, 3.8) is 0 Å². The van der Waals surface area contributed by atoms with Crippen LogP contribution in [0.3, 0.4) is 0 Å². The molecule has 1 aromatic heterocycles. The molecule has 0 bridgehead atoms. The number of anilines is 1. The molecule has 2 unspecified atom stereocenters. The molecule has 0 spiro atoms. The van der Waals surface area contributed by atoms with Crippen LogP contribution in [0.5, 0.6) is 0 Å². The highest BCUT2D eigenvalue weighted by molar-refractivity contribution is 6.02. The Morgan fingerprint density at radius 1 is 1.12 bits per heavy atom. The first-order valence-corrected chi connectivity index (χ1v) is 8.05. The number of hydrogen-bond donors (Lipinski definition) is 0. The van der Waals surface area contributed by atoms with Crippen molar-refractivity contribution in [3.8, 4) is 0 Å². The predicted molar refractivity (Wildman–Crippen MR) is 95.9 cm³/mol. The third-order valence-electron chi connectivity index (χ3n) is 4.31. The Hall–Kier alpha value is -3.42. The van der Waals surface area contributed by atoms with E-state index in [0.717, 1.165) is 5.69 Å². The average molecular weight is 352 g/mol. The Morgan fingerprint density at radius 2 is 1.85 bits per heavy atom. The van der Waals surface area contributed by atoms with E-state index in [9.17, 15) is 10.1 Å². The van der Waals surface area contributed by atoms with Gasteiger partial charge in [0.15, 0.2) is 5.58 Å². The molecule has 2 aromatic carbocycles. The van der Waals surface area contributed by atoms with Crippen molar-refractivity contribution >= 4 is 22.5 Å². The summed E-state index contributed by atoms with van der Waals surface area (Å²) >= 11 is 0.